The molecule has 0 saturated carbocycles. The summed E-state index contributed by atoms with van der Waals surface area (Å²) >= 11 is 0. The summed E-state index contributed by atoms with van der Waals surface area (Å²) in [6, 6.07) is 30.0. The van der Waals surface area contributed by atoms with Gasteiger partial charge in [-0.05, 0) is 47.7 Å². The van der Waals surface area contributed by atoms with Crippen molar-refractivity contribution in [2.45, 2.75) is 32.4 Å². The van der Waals surface area contributed by atoms with Gasteiger partial charge in [0.25, 0.3) is 0 Å². The summed E-state index contributed by atoms with van der Waals surface area (Å²) in [7, 11) is 1.71. The Kier molecular flexibility index (Phi) is 7.06. The first-order valence-electron chi connectivity index (χ1n) is 9.69. The molecule has 0 fully saturated rings. The smallest absolute Gasteiger partial charge is 0.118 e. The number of benzene rings is 3. The number of ether oxygens (including phenoxy) is 1. The summed E-state index contributed by atoms with van der Waals surface area (Å²) in [5.74, 6) is 1.44. The molecule has 0 N–H and O–H groups in total. The van der Waals surface area contributed by atoms with Crippen LogP contribution in [0.4, 0.5) is 0 Å². The van der Waals surface area contributed by atoms with Gasteiger partial charge in [0.05, 0.1) is 7.11 Å². The number of methoxy groups -OCH3 is 1. The van der Waals surface area contributed by atoms with Crippen LogP contribution in [-0.2, 0) is 13.1 Å². The minimum atomic E-state index is 0.518. The highest BCUT2D eigenvalue weighted by molar-refractivity contribution is 5.29. The Morgan fingerprint density at radius 2 is 1.26 bits per heavy atom. The Morgan fingerprint density at radius 3 is 1.74 bits per heavy atom. The third-order valence-electron chi connectivity index (χ3n) is 5.06. The van der Waals surface area contributed by atoms with E-state index >= 15 is 0 Å². The van der Waals surface area contributed by atoms with Crippen molar-refractivity contribution in [1.82, 2.24) is 4.90 Å². The average Bonchev–Trinajstić information content (AvgIpc) is 2.73. The fourth-order valence-corrected chi connectivity index (χ4v) is 3.37. The van der Waals surface area contributed by atoms with E-state index in [0.29, 0.717) is 5.92 Å². The minimum Gasteiger partial charge on any atom is -0.497 e. The number of hydrogen-bond acceptors (Lipinski definition) is 2. The van der Waals surface area contributed by atoms with Crippen LogP contribution in [0.15, 0.2) is 84.9 Å². The van der Waals surface area contributed by atoms with Crippen LogP contribution in [-0.4, -0.2) is 18.6 Å². The molecular weight excluding hydrogens is 330 g/mol. The molecule has 3 aromatic carbocycles. The molecule has 0 bridgehead atoms. The Hall–Kier alpha value is -2.58. The zero-order chi connectivity index (χ0) is 18.9. The van der Waals surface area contributed by atoms with Gasteiger partial charge in [-0.15, -0.1) is 0 Å². The molecule has 0 spiro atoms. The molecule has 0 aromatic heterocycles. The van der Waals surface area contributed by atoms with Crippen molar-refractivity contribution in [2.75, 3.05) is 13.7 Å². The van der Waals surface area contributed by atoms with Crippen molar-refractivity contribution in [3.63, 3.8) is 0 Å². The molecule has 0 aliphatic rings. The van der Waals surface area contributed by atoms with Gasteiger partial charge < -0.3 is 4.74 Å². The molecule has 0 aliphatic heterocycles. The van der Waals surface area contributed by atoms with E-state index < -0.39 is 0 Å². The van der Waals surface area contributed by atoms with E-state index in [1.54, 1.807) is 7.11 Å². The molecule has 0 saturated heterocycles. The van der Waals surface area contributed by atoms with Crippen molar-refractivity contribution < 1.29 is 4.74 Å². The predicted molar refractivity (Wildman–Crippen MR) is 113 cm³/mol. The normalized spacial score (nSPS) is 12.1. The van der Waals surface area contributed by atoms with Crippen molar-refractivity contribution in [3.05, 3.63) is 102 Å². The van der Waals surface area contributed by atoms with Crippen molar-refractivity contribution >= 4 is 0 Å². The Labute approximate surface area is 163 Å². The molecule has 0 heterocycles. The third-order valence-corrected chi connectivity index (χ3v) is 5.06. The molecule has 0 radical (unpaired) electrons. The topological polar surface area (TPSA) is 12.5 Å². The van der Waals surface area contributed by atoms with Crippen LogP contribution in [0, 0.1) is 0 Å². The van der Waals surface area contributed by atoms with Crippen molar-refractivity contribution in [3.8, 4) is 5.75 Å². The lowest BCUT2D eigenvalue weighted by molar-refractivity contribution is 0.247. The van der Waals surface area contributed by atoms with Gasteiger partial charge in [-0.3, -0.25) is 4.90 Å². The van der Waals surface area contributed by atoms with E-state index in [1.807, 2.05) is 0 Å². The molecule has 140 valence electrons. The summed E-state index contributed by atoms with van der Waals surface area (Å²) in [5, 5.41) is 0. The summed E-state index contributed by atoms with van der Waals surface area (Å²) in [6.07, 6.45) is 1.13. The largest absolute Gasteiger partial charge is 0.497 e. The lowest BCUT2D eigenvalue weighted by Crippen LogP contribution is -2.25. The highest BCUT2D eigenvalue weighted by atomic mass is 16.5. The Bertz CT molecular complexity index is 742. The average molecular weight is 360 g/mol. The van der Waals surface area contributed by atoms with Crippen LogP contribution >= 0.6 is 0 Å². The lowest BCUT2D eigenvalue weighted by Gasteiger charge is -2.24. The van der Waals surface area contributed by atoms with E-state index in [4.69, 9.17) is 4.74 Å². The first-order chi connectivity index (χ1) is 13.2. The van der Waals surface area contributed by atoms with E-state index in [0.717, 1.165) is 31.8 Å². The zero-order valence-electron chi connectivity index (χ0n) is 16.3. The van der Waals surface area contributed by atoms with Crippen LogP contribution in [0.25, 0.3) is 0 Å². The van der Waals surface area contributed by atoms with Gasteiger partial charge in [0.2, 0.25) is 0 Å². The molecule has 27 heavy (non-hydrogen) atoms. The third kappa shape index (κ3) is 5.97. The SMILES string of the molecule is COc1ccc([C@H](C)CCN(Cc2ccccc2)Cc2ccccc2)cc1. The highest BCUT2D eigenvalue weighted by Crippen LogP contribution is 2.23. The quantitative estimate of drug-likeness (QED) is 0.472. The molecule has 2 heteroatoms. The Balaban J connectivity index is 1.64. The highest BCUT2D eigenvalue weighted by Gasteiger charge is 2.11. The second-order valence-corrected chi connectivity index (χ2v) is 7.14. The lowest BCUT2D eigenvalue weighted by atomic mass is 9.97. The molecule has 0 amide bonds. The second-order valence-electron chi connectivity index (χ2n) is 7.14. The maximum absolute atomic E-state index is 5.27. The fraction of sp³-hybridized carbons (Fsp3) is 0.280. The Morgan fingerprint density at radius 1 is 0.741 bits per heavy atom. The zero-order valence-corrected chi connectivity index (χ0v) is 16.3. The summed E-state index contributed by atoms with van der Waals surface area (Å²) in [5.41, 5.74) is 4.10. The van der Waals surface area contributed by atoms with Crippen molar-refractivity contribution in [1.29, 1.82) is 0 Å². The predicted octanol–water partition coefficient (Wildman–Crippen LogP) is 5.89. The van der Waals surface area contributed by atoms with Gasteiger partial charge in [0.15, 0.2) is 0 Å². The van der Waals surface area contributed by atoms with Crippen molar-refractivity contribution in [2.24, 2.45) is 0 Å². The van der Waals surface area contributed by atoms with Crippen LogP contribution in [0.1, 0.15) is 36.0 Å². The standard InChI is InChI=1S/C25H29NO/c1-21(24-13-15-25(27-2)16-14-24)17-18-26(19-22-9-5-3-6-10-22)20-23-11-7-4-8-12-23/h3-16,21H,17-20H2,1-2H3/t21-/m1/s1. The maximum atomic E-state index is 5.27. The molecule has 3 aromatic rings. The van der Waals surface area contributed by atoms with Crippen LogP contribution in [0.2, 0.25) is 0 Å². The monoisotopic (exact) mass is 359 g/mol. The fourth-order valence-electron chi connectivity index (χ4n) is 3.37. The molecule has 0 unspecified atom stereocenters. The molecule has 2 nitrogen and oxygen atoms in total. The van der Waals surface area contributed by atoms with Gasteiger partial charge in [-0.2, -0.15) is 0 Å². The van der Waals surface area contributed by atoms with E-state index in [1.165, 1.54) is 16.7 Å². The summed E-state index contributed by atoms with van der Waals surface area (Å²) in [4.78, 5) is 2.55. The van der Waals surface area contributed by atoms with Crippen LogP contribution < -0.4 is 4.74 Å². The maximum Gasteiger partial charge on any atom is 0.118 e. The first kappa shape index (κ1) is 19.2. The molecule has 0 aliphatic carbocycles. The van der Waals surface area contributed by atoms with Crippen LogP contribution in [0.3, 0.4) is 0 Å². The summed E-state index contributed by atoms with van der Waals surface area (Å²) < 4.78 is 5.27. The number of nitrogens with zero attached hydrogens (tertiary/aromatic N) is 1. The van der Waals surface area contributed by atoms with Gasteiger partial charge in [0, 0.05) is 13.1 Å². The van der Waals surface area contributed by atoms with Gasteiger partial charge in [0.1, 0.15) is 5.75 Å². The van der Waals surface area contributed by atoms with E-state index in [9.17, 15) is 0 Å². The minimum absolute atomic E-state index is 0.518. The van der Waals surface area contributed by atoms with E-state index in [-0.39, 0.29) is 0 Å². The van der Waals surface area contributed by atoms with Crippen LogP contribution in [0.5, 0.6) is 5.75 Å². The second kappa shape index (κ2) is 9.94. The van der Waals surface area contributed by atoms with Gasteiger partial charge in [-0.1, -0.05) is 79.7 Å². The van der Waals surface area contributed by atoms with Gasteiger partial charge >= 0.3 is 0 Å². The number of hydrogen-bond donors (Lipinski definition) is 0. The van der Waals surface area contributed by atoms with E-state index in [2.05, 4.69) is 96.8 Å². The first-order valence-corrected chi connectivity index (χ1v) is 9.69. The summed E-state index contributed by atoms with van der Waals surface area (Å²) in [6.45, 7) is 5.33. The van der Waals surface area contributed by atoms with Gasteiger partial charge in [-0.25, -0.2) is 0 Å². The number of rotatable bonds is 9. The molecule has 1 atom stereocenters. The molecule has 3 rings (SSSR count). The molecular formula is C25H29NO.